The smallest absolute Gasteiger partial charge is 0.416 e. The third-order valence-corrected chi connectivity index (χ3v) is 6.80. The summed E-state index contributed by atoms with van der Waals surface area (Å²) in [6.45, 7) is 0.130. The summed E-state index contributed by atoms with van der Waals surface area (Å²) in [7, 11) is 0. The zero-order valence-electron chi connectivity index (χ0n) is 20.3. The van der Waals surface area contributed by atoms with Crippen molar-refractivity contribution >= 4 is 51.9 Å². The molecule has 0 aliphatic carbocycles. The summed E-state index contributed by atoms with van der Waals surface area (Å²) in [5.41, 5.74) is 0.0918. The molecule has 1 heterocycles. The average molecular weight is 603 g/mol. The Morgan fingerprint density at radius 2 is 1.57 bits per heavy atom. The van der Waals surface area contributed by atoms with Crippen LogP contribution in [0.2, 0.25) is 15.1 Å². The number of para-hydroxylation sites is 1. The molecule has 0 fully saturated rings. The predicted octanol–water partition coefficient (Wildman–Crippen LogP) is 8.50. The molecular formula is C29H17Cl3F3N3O2. The highest BCUT2D eigenvalue weighted by atomic mass is 35.5. The minimum atomic E-state index is -4.58. The fourth-order valence-corrected chi connectivity index (χ4v) is 4.74. The normalized spacial score (nSPS) is 11.8. The lowest BCUT2D eigenvalue weighted by Crippen LogP contribution is -2.20. The Labute approximate surface area is 241 Å². The van der Waals surface area contributed by atoms with Crippen LogP contribution in [-0.4, -0.2) is 15.9 Å². The van der Waals surface area contributed by atoms with Crippen LogP contribution >= 0.6 is 34.8 Å². The Balaban J connectivity index is 1.54. The Morgan fingerprint density at radius 1 is 0.875 bits per heavy atom. The molecule has 0 N–H and O–H groups in total. The number of nitrogens with zero attached hydrogens (tertiary/aromatic N) is 3. The monoisotopic (exact) mass is 601 g/mol. The highest BCUT2D eigenvalue weighted by molar-refractivity contribution is 6.37. The molecule has 0 aliphatic rings. The first-order valence-electron chi connectivity index (χ1n) is 11.7. The van der Waals surface area contributed by atoms with Gasteiger partial charge in [0.05, 0.1) is 32.7 Å². The third kappa shape index (κ3) is 5.84. The van der Waals surface area contributed by atoms with Crippen LogP contribution in [0, 0.1) is 0 Å². The van der Waals surface area contributed by atoms with Gasteiger partial charge in [-0.25, -0.2) is 4.98 Å². The number of ether oxygens (including phenoxy) is 1. The number of hydrogen-bond donors (Lipinski definition) is 0. The van der Waals surface area contributed by atoms with Gasteiger partial charge < -0.3 is 4.74 Å². The lowest BCUT2D eigenvalue weighted by molar-refractivity contribution is -0.137. The van der Waals surface area contributed by atoms with Crippen molar-refractivity contribution < 1.29 is 17.9 Å². The minimum Gasteiger partial charge on any atom is -0.486 e. The van der Waals surface area contributed by atoms with E-state index >= 15 is 0 Å². The lowest BCUT2D eigenvalue weighted by atomic mass is 10.1. The van der Waals surface area contributed by atoms with Crippen LogP contribution in [0.3, 0.4) is 0 Å². The lowest BCUT2D eigenvalue weighted by Gasteiger charge is -2.13. The standard InChI is InChI=1S/C29H17Cl3F3N3O2/c30-22-10-3-1-6-19(22)16-40-26-23(31)12-17(13-24(26)32)15-36-38-27(18-7-5-8-20(14-18)29(33,34)35)37-25-11-4-2-9-21(25)28(38)39/h1-15H,16H2. The number of benzene rings is 4. The van der Waals surface area contributed by atoms with E-state index in [-0.39, 0.29) is 39.2 Å². The van der Waals surface area contributed by atoms with E-state index < -0.39 is 17.3 Å². The molecule has 0 saturated heterocycles. The van der Waals surface area contributed by atoms with E-state index in [4.69, 9.17) is 39.5 Å². The molecule has 5 nitrogen and oxygen atoms in total. The van der Waals surface area contributed by atoms with E-state index in [9.17, 15) is 18.0 Å². The van der Waals surface area contributed by atoms with Gasteiger partial charge in [-0.3, -0.25) is 4.79 Å². The third-order valence-electron chi connectivity index (χ3n) is 5.87. The molecule has 0 amide bonds. The number of aromatic nitrogens is 2. The second kappa shape index (κ2) is 11.3. The van der Waals surface area contributed by atoms with Gasteiger partial charge in [0.1, 0.15) is 6.61 Å². The van der Waals surface area contributed by atoms with Gasteiger partial charge in [0, 0.05) is 16.1 Å². The van der Waals surface area contributed by atoms with Crippen molar-refractivity contribution in [1.82, 2.24) is 9.66 Å². The van der Waals surface area contributed by atoms with Crippen LogP contribution in [0.15, 0.2) is 94.8 Å². The van der Waals surface area contributed by atoms with Crippen LogP contribution in [0.1, 0.15) is 16.7 Å². The van der Waals surface area contributed by atoms with Crippen LogP contribution < -0.4 is 10.3 Å². The topological polar surface area (TPSA) is 56.5 Å². The summed E-state index contributed by atoms with van der Waals surface area (Å²) in [6, 6.07) is 21.3. The fraction of sp³-hybridized carbons (Fsp3) is 0.0690. The summed E-state index contributed by atoms with van der Waals surface area (Å²) >= 11 is 19.0. The summed E-state index contributed by atoms with van der Waals surface area (Å²) in [6.07, 6.45) is -3.27. The number of halogens is 6. The molecule has 5 rings (SSSR count). The van der Waals surface area contributed by atoms with Crippen LogP contribution in [0.5, 0.6) is 5.75 Å². The van der Waals surface area contributed by atoms with Gasteiger partial charge in [-0.15, -0.1) is 0 Å². The quantitative estimate of drug-likeness (QED) is 0.183. The molecule has 0 saturated carbocycles. The van der Waals surface area contributed by atoms with Crippen molar-refractivity contribution in [1.29, 1.82) is 0 Å². The number of rotatable bonds is 6. The van der Waals surface area contributed by atoms with Crippen LogP contribution in [0.4, 0.5) is 13.2 Å². The maximum absolute atomic E-state index is 13.4. The van der Waals surface area contributed by atoms with Crippen molar-refractivity contribution in [2.24, 2.45) is 5.10 Å². The fourth-order valence-electron chi connectivity index (χ4n) is 3.93. The molecule has 0 aliphatic heterocycles. The number of hydrogen-bond acceptors (Lipinski definition) is 4. The summed E-state index contributed by atoms with van der Waals surface area (Å²) < 4.78 is 46.9. The molecule has 0 atom stereocenters. The van der Waals surface area contributed by atoms with Gasteiger partial charge in [-0.05, 0) is 48.0 Å². The highest BCUT2D eigenvalue weighted by Crippen LogP contribution is 2.35. The summed E-state index contributed by atoms with van der Waals surface area (Å²) in [4.78, 5) is 17.8. The summed E-state index contributed by atoms with van der Waals surface area (Å²) in [5.74, 6) is 0.164. The largest absolute Gasteiger partial charge is 0.486 e. The van der Waals surface area contributed by atoms with Crippen molar-refractivity contribution in [3.8, 4) is 17.1 Å². The molecular weight excluding hydrogens is 586 g/mol. The molecule has 40 heavy (non-hydrogen) atoms. The van der Waals surface area contributed by atoms with Crippen LogP contribution in [0.25, 0.3) is 22.3 Å². The van der Waals surface area contributed by atoms with Crippen molar-refractivity contribution in [3.05, 3.63) is 127 Å². The van der Waals surface area contributed by atoms with E-state index in [1.54, 1.807) is 36.4 Å². The van der Waals surface area contributed by atoms with E-state index in [1.165, 1.54) is 30.5 Å². The number of alkyl halides is 3. The molecule has 4 aromatic carbocycles. The average Bonchev–Trinajstić information content (AvgIpc) is 2.92. The van der Waals surface area contributed by atoms with Gasteiger partial charge in [-0.1, -0.05) is 77.3 Å². The molecule has 0 bridgehead atoms. The highest BCUT2D eigenvalue weighted by Gasteiger charge is 2.31. The Bertz CT molecular complexity index is 1800. The van der Waals surface area contributed by atoms with Crippen molar-refractivity contribution in [2.45, 2.75) is 12.8 Å². The molecule has 0 radical (unpaired) electrons. The van der Waals surface area contributed by atoms with E-state index in [1.807, 2.05) is 12.1 Å². The molecule has 0 spiro atoms. The van der Waals surface area contributed by atoms with E-state index in [0.717, 1.165) is 22.4 Å². The Hall–Kier alpha value is -3.85. The van der Waals surface area contributed by atoms with Gasteiger partial charge in [-0.2, -0.15) is 22.9 Å². The van der Waals surface area contributed by atoms with E-state index in [0.29, 0.717) is 16.1 Å². The molecule has 11 heteroatoms. The Kier molecular flexibility index (Phi) is 7.85. The second-order valence-electron chi connectivity index (χ2n) is 8.59. The van der Waals surface area contributed by atoms with Gasteiger partial charge in [0.15, 0.2) is 11.6 Å². The second-order valence-corrected chi connectivity index (χ2v) is 9.81. The minimum absolute atomic E-state index is 0.0641. The zero-order valence-corrected chi connectivity index (χ0v) is 22.6. The number of fused-ring (bicyclic) bond motifs is 1. The zero-order chi connectivity index (χ0) is 28.4. The SMILES string of the molecule is O=c1c2ccccc2nc(-c2cccc(C(F)(F)F)c2)n1N=Cc1cc(Cl)c(OCc2ccccc2Cl)c(Cl)c1. The molecule has 1 aromatic heterocycles. The maximum atomic E-state index is 13.4. The van der Waals surface area contributed by atoms with Crippen molar-refractivity contribution in [2.75, 3.05) is 0 Å². The van der Waals surface area contributed by atoms with Gasteiger partial charge in [0.25, 0.3) is 5.56 Å². The molecule has 202 valence electrons. The van der Waals surface area contributed by atoms with Gasteiger partial charge >= 0.3 is 6.18 Å². The molecule has 0 unspecified atom stereocenters. The first-order valence-corrected chi connectivity index (χ1v) is 12.8. The maximum Gasteiger partial charge on any atom is 0.416 e. The summed E-state index contributed by atoms with van der Waals surface area (Å²) in [5, 5.41) is 5.42. The van der Waals surface area contributed by atoms with E-state index in [2.05, 4.69) is 10.1 Å². The first kappa shape index (κ1) is 27.7. The van der Waals surface area contributed by atoms with Crippen molar-refractivity contribution in [3.63, 3.8) is 0 Å². The molecule has 5 aromatic rings. The van der Waals surface area contributed by atoms with Gasteiger partial charge in [0.2, 0.25) is 0 Å². The Morgan fingerprint density at radius 3 is 2.30 bits per heavy atom. The van der Waals surface area contributed by atoms with Crippen LogP contribution in [-0.2, 0) is 12.8 Å². The first-order chi connectivity index (χ1) is 19.1. The predicted molar refractivity (Wildman–Crippen MR) is 152 cm³/mol.